The van der Waals surface area contributed by atoms with Crippen LogP contribution in [0, 0.1) is 0 Å². The quantitative estimate of drug-likeness (QED) is 0.593. The zero-order chi connectivity index (χ0) is 11.9. The van der Waals surface area contributed by atoms with E-state index in [9.17, 15) is 0 Å². The van der Waals surface area contributed by atoms with E-state index in [2.05, 4.69) is 11.4 Å². The molecule has 0 aliphatic carbocycles. The van der Waals surface area contributed by atoms with Crippen LogP contribution in [0.3, 0.4) is 0 Å². The fourth-order valence-electron chi connectivity index (χ4n) is 1.31. The van der Waals surface area contributed by atoms with Gasteiger partial charge in [-0.3, -0.25) is 0 Å². The van der Waals surface area contributed by atoms with E-state index in [4.69, 9.17) is 16.4 Å². The average Bonchev–Trinajstić information content (AvgIpc) is 2.38. The molecule has 0 saturated heterocycles. The summed E-state index contributed by atoms with van der Waals surface area (Å²) in [5.74, 6) is 0. The molecule has 0 saturated carbocycles. The van der Waals surface area contributed by atoms with E-state index >= 15 is 0 Å². The Morgan fingerprint density at radius 3 is 2.47 bits per heavy atom. The van der Waals surface area contributed by atoms with Crippen LogP contribution in [-0.2, 0) is 11.4 Å². The van der Waals surface area contributed by atoms with Crippen molar-refractivity contribution >= 4 is 17.8 Å². The van der Waals surface area contributed by atoms with Crippen molar-refractivity contribution in [2.24, 2.45) is 5.16 Å². The van der Waals surface area contributed by atoms with Gasteiger partial charge in [0.25, 0.3) is 0 Å². The molecule has 0 N–H and O–H groups in total. The minimum absolute atomic E-state index is 0.429. The van der Waals surface area contributed by atoms with Gasteiger partial charge in [0.15, 0.2) is 0 Å². The van der Waals surface area contributed by atoms with Crippen LogP contribution in [0.5, 0.6) is 0 Å². The van der Waals surface area contributed by atoms with Crippen LogP contribution in [-0.4, -0.2) is 6.21 Å². The second-order valence-corrected chi connectivity index (χ2v) is 3.85. The third-order valence-corrected chi connectivity index (χ3v) is 2.51. The highest BCUT2D eigenvalue weighted by molar-refractivity contribution is 6.33. The highest BCUT2D eigenvalue weighted by atomic mass is 35.5. The Morgan fingerprint density at radius 2 is 1.71 bits per heavy atom. The number of hydrogen-bond donors (Lipinski definition) is 0. The van der Waals surface area contributed by atoms with Gasteiger partial charge in [0, 0.05) is 5.56 Å². The van der Waals surface area contributed by atoms with Crippen molar-refractivity contribution in [2.45, 2.75) is 6.61 Å². The molecule has 2 aromatic carbocycles. The Hall–Kier alpha value is -1.80. The van der Waals surface area contributed by atoms with E-state index in [0.29, 0.717) is 11.6 Å². The Kier molecular flexibility index (Phi) is 4.17. The molecule has 0 heterocycles. The summed E-state index contributed by atoms with van der Waals surface area (Å²) in [5.41, 5.74) is 1.79. The summed E-state index contributed by atoms with van der Waals surface area (Å²) in [6.45, 7) is 0.429. The predicted molar refractivity (Wildman–Crippen MR) is 69.2 cm³/mol. The molecule has 1 radical (unpaired) electrons. The second kappa shape index (κ2) is 6.06. The molecule has 0 bridgehead atoms. The van der Waals surface area contributed by atoms with Crippen LogP contribution in [0.25, 0.3) is 0 Å². The summed E-state index contributed by atoms with van der Waals surface area (Å²) in [5, 5.41) is 4.37. The molecule has 0 aromatic heterocycles. The van der Waals surface area contributed by atoms with Gasteiger partial charge >= 0.3 is 0 Å². The van der Waals surface area contributed by atoms with Crippen molar-refractivity contribution in [1.82, 2.24) is 0 Å². The van der Waals surface area contributed by atoms with Crippen molar-refractivity contribution < 1.29 is 4.84 Å². The fraction of sp³-hybridized carbons (Fsp3) is 0.0714. The monoisotopic (exact) mass is 244 g/mol. The molecule has 0 spiro atoms. The predicted octanol–water partition coefficient (Wildman–Crippen LogP) is 3.77. The summed E-state index contributed by atoms with van der Waals surface area (Å²) in [4.78, 5) is 5.13. The summed E-state index contributed by atoms with van der Waals surface area (Å²) >= 11 is 5.94. The van der Waals surface area contributed by atoms with Gasteiger partial charge in [-0.05, 0) is 11.6 Å². The van der Waals surface area contributed by atoms with Crippen LogP contribution in [0.4, 0.5) is 0 Å². The smallest absolute Gasteiger partial charge is 0.142 e. The molecule has 0 unspecified atom stereocenters. The average molecular weight is 245 g/mol. The first-order valence-corrected chi connectivity index (χ1v) is 5.60. The molecule has 17 heavy (non-hydrogen) atoms. The highest BCUT2D eigenvalue weighted by Crippen LogP contribution is 2.12. The lowest BCUT2D eigenvalue weighted by Gasteiger charge is -1.99. The zero-order valence-electron chi connectivity index (χ0n) is 9.14. The van der Waals surface area contributed by atoms with Crippen molar-refractivity contribution in [3.63, 3.8) is 0 Å². The van der Waals surface area contributed by atoms with E-state index in [1.54, 1.807) is 6.07 Å². The number of hydrogen-bond acceptors (Lipinski definition) is 2. The van der Waals surface area contributed by atoms with Gasteiger partial charge in [0.2, 0.25) is 0 Å². The maximum Gasteiger partial charge on any atom is 0.142 e. The summed E-state index contributed by atoms with van der Waals surface area (Å²) in [6, 6.07) is 17.2. The molecule has 0 aliphatic heterocycles. The first-order valence-electron chi connectivity index (χ1n) is 5.23. The van der Waals surface area contributed by atoms with Gasteiger partial charge in [0.05, 0.1) is 5.02 Å². The van der Waals surface area contributed by atoms with E-state index in [1.807, 2.05) is 48.5 Å². The third kappa shape index (κ3) is 3.61. The molecule has 0 fully saturated rings. The van der Waals surface area contributed by atoms with Gasteiger partial charge < -0.3 is 4.84 Å². The van der Waals surface area contributed by atoms with Crippen molar-refractivity contribution in [3.05, 3.63) is 70.7 Å². The summed E-state index contributed by atoms with van der Waals surface area (Å²) < 4.78 is 0. The lowest BCUT2D eigenvalue weighted by atomic mass is 10.2. The molecule has 2 nitrogen and oxygen atoms in total. The van der Waals surface area contributed by atoms with Crippen LogP contribution < -0.4 is 0 Å². The van der Waals surface area contributed by atoms with Crippen molar-refractivity contribution in [1.29, 1.82) is 0 Å². The Morgan fingerprint density at radius 1 is 1.00 bits per heavy atom. The molecule has 0 atom stereocenters. The Labute approximate surface area is 105 Å². The fourth-order valence-corrected chi connectivity index (χ4v) is 1.49. The molecule has 2 rings (SSSR count). The van der Waals surface area contributed by atoms with Crippen LogP contribution >= 0.6 is 11.6 Å². The van der Waals surface area contributed by atoms with Crippen LogP contribution in [0.15, 0.2) is 59.8 Å². The summed E-state index contributed by atoms with van der Waals surface area (Å²) in [6.07, 6.45) is 2.75. The Bertz CT molecular complexity index is 497. The van der Waals surface area contributed by atoms with Crippen LogP contribution in [0.2, 0.25) is 5.02 Å². The number of rotatable bonds is 4. The molecule has 0 amide bonds. The van der Waals surface area contributed by atoms with Crippen molar-refractivity contribution in [3.8, 4) is 0 Å². The molecular formula is C14H11ClNO. The minimum atomic E-state index is 0.429. The molecule has 2 aromatic rings. The first kappa shape index (κ1) is 11.7. The number of benzene rings is 2. The standard InChI is InChI=1S/C14H11ClNO/c15-14-9-5-4-8-13(14)10-16-17-11-12-6-2-1-3-7-12/h1-9H,11H2. The highest BCUT2D eigenvalue weighted by Gasteiger charge is 1.95. The zero-order valence-corrected chi connectivity index (χ0v) is 9.89. The van der Waals surface area contributed by atoms with Gasteiger partial charge in [-0.25, -0.2) is 0 Å². The normalized spacial score (nSPS) is 10.6. The van der Waals surface area contributed by atoms with Crippen molar-refractivity contribution in [2.75, 3.05) is 0 Å². The number of halogens is 1. The second-order valence-electron chi connectivity index (χ2n) is 3.44. The maximum absolute atomic E-state index is 5.94. The Balaban J connectivity index is 1.89. The van der Waals surface area contributed by atoms with Gasteiger partial charge in [-0.2, -0.15) is 0 Å². The first-order chi connectivity index (χ1) is 8.36. The lowest BCUT2D eigenvalue weighted by molar-refractivity contribution is 0.132. The molecule has 3 heteroatoms. The van der Waals surface area contributed by atoms with E-state index < -0.39 is 0 Å². The van der Waals surface area contributed by atoms with Crippen LogP contribution in [0.1, 0.15) is 11.1 Å². The third-order valence-electron chi connectivity index (χ3n) is 2.18. The molecular weight excluding hydrogens is 234 g/mol. The van der Waals surface area contributed by atoms with Gasteiger partial charge in [0.1, 0.15) is 12.8 Å². The largest absolute Gasteiger partial charge is 0.390 e. The van der Waals surface area contributed by atoms with E-state index in [-0.39, 0.29) is 0 Å². The van der Waals surface area contributed by atoms with Gasteiger partial charge in [-0.15, -0.1) is 0 Å². The lowest BCUT2D eigenvalue weighted by Crippen LogP contribution is -1.88. The molecule has 85 valence electrons. The summed E-state index contributed by atoms with van der Waals surface area (Å²) in [7, 11) is 0. The topological polar surface area (TPSA) is 21.6 Å². The SMILES string of the molecule is Clc1ccccc1/[C]=N\OCc1ccccc1. The maximum atomic E-state index is 5.94. The number of nitrogens with zero attached hydrogens (tertiary/aromatic N) is 1. The minimum Gasteiger partial charge on any atom is -0.390 e. The van der Waals surface area contributed by atoms with E-state index in [1.165, 1.54) is 0 Å². The van der Waals surface area contributed by atoms with E-state index in [0.717, 1.165) is 11.1 Å². The van der Waals surface area contributed by atoms with Gasteiger partial charge in [-0.1, -0.05) is 65.3 Å². The molecule has 0 aliphatic rings.